The van der Waals surface area contributed by atoms with Gasteiger partial charge in [-0.25, -0.2) is 8.78 Å². The second-order valence-electron chi connectivity index (χ2n) is 6.40. The third kappa shape index (κ3) is 4.18. The van der Waals surface area contributed by atoms with Gasteiger partial charge < -0.3 is 10.2 Å². The molecular formula is C17H25ClF2N2. The van der Waals surface area contributed by atoms with Crippen LogP contribution in [0.3, 0.4) is 0 Å². The Morgan fingerprint density at radius 3 is 2.18 bits per heavy atom. The van der Waals surface area contributed by atoms with Crippen LogP contribution in [0.2, 0.25) is 0 Å². The Bertz CT molecular complexity index is 449. The first-order chi connectivity index (χ1) is 10.2. The van der Waals surface area contributed by atoms with Gasteiger partial charge in [-0.05, 0) is 75.8 Å². The van der Waals surface area contributed by atoms with Gasteiger partial charge in [0.25, 0.3) is 0 Å². The highest BCUT2D eigenvalue weighted by molar-refractivity contribution is 5.85. The maximum atomic E-state index is 13.8. The molecule has 0 radical (unpaired) electrons. The van der Waals surface area contributed by atoms with Crippen LogP contribution < -0.4 is 5.32 Å². The first-order valence-corrected chi connectivity index (χ1v) is 8.11. The fourth-order valence-corrected chi connectivity index (χ4v) is 3.73. The predicted molar refractivity (Wildman–Crippen MR) is 87.6 cm³/mol. The van der Waals surface area contributed by atoms with Crippen molar-refractivity contribution < 1.29 is 8.78 Å². The Kier molecular flexibility index (Phi) is 6.60. The fraction of sp³-hybridized carbons (Fsp3) is 0.647. The second kappa shape index (κ2) is 8.23. The van der Waals surface area contributed by atoms with Gasteiger partial charge in [-0.15, -0.1) is 12.4 Å². The lowest BCUT2D eigenvalue weighted by atomic mass is 9.88. The Morgan fingerprint density at radius 2 is 1.59 bits per heavy atom. The molecular weight excluding hydrogens is 306 g/mol. The van der Waals surface area contributed by atoms with Crippen LogP contribution in [0.1, 0.15) is 37.2 Å². The van der Waals surface area contributed by atoms with E-state index in [1.807, 2.05) is 0 Å². The monoisotopic (exact) mass is 330 g/mol. The molecule has 0 aromatic heterocycles. The standard InChI is InChI=1S/C17H24F2N2.ClH/c18-15-2-1-3-16(19)17(15)14-6-10-21(11-7-14)12-13-4-8-20-9-5-13;/h1-3,13-14,20H,4-12H2;1H. The number of benzene rings is 1. The largest absolute Gasteiger partial charge is 0.317 e. The molecule has 22 heavy (non-hydrogen) atoms. The van der Waals surface area contributed by atoms with Crippen LogP contribution in [0.25, 0.3) is 0 Å². The molecule has 2 saturated heterocycles. The number of halogens is 3. The highest BCUT2D eigenvalue weighted by Gasteiger charge is 2.26. The van der Waals surface area contributed by atoms with Crippen molar-refractivity contribution in [3.05, 3.63) is 35.4 Å². The topological polar surface area (TPSA) is 15.3 Å². The molecule has 1 aromatic rings. The molecule has 3 rings (SSSR count). The molecule has 124 valence electrons. The fourth-order valence-electron chi connectivity index (χ4n) is 3.73. The van der Waals surface area contributed by atoms with Crippen molar-refractivity contribution in [1.29, 1.82) is 0 Å². The zero-order valence-corrected chi connectivity index (χ0v) is 13.7. The lowest BCUT2D eigenvalue weighted by Crippen LogP contribution is -2.40. The van der Waals surface area contributed by atoms with E-state index in [9.17, 15) is 8.78 Å². The van der Waals surface area contributed by atoms with E-state index in [2.05, 4.69) is 10.2 Å². The number of nitrogens with zero attached hydrogens (tertiary/aromatic N) is 1. The lowest BCUT2D eigenvalue weighted by Gasteiger charge is -2.35. The number of likely N-dealkylation sites (tertiary alicyclic amines) is 1. The van der Waals surface area contributed by atoms with Gasteiger partial charge in [0.05, 0.1) is 0 Å². The van der Waals surface area contributed by atoms with Gasteiger partial charge in [-0.1, -0.05) is 6.07 Å². The van der Waals surface area contributed by atoms with Crippen molar-refractivity contribution in [2.45, 2.75) is 31.6 Å². The molecule has 0 unspecified atom stereocenters. The van der Waals surface area contributed by atoms with Gasteiger partial charge in [0, 0.05) is 12.1 Å². The van der Waals surface area contributed by atoms with Crippen LogP contribution in [-0.2, 0) is 0 Å². The van der Waals surface area contributed by atoms with E-state index in [0.29, 0.717) is 5.56 Å². The quantitative estimate of drug-likeness (QED) is 0.911. The molecule has 1 aromatic carbocycles. The summed E-state index contributed by atoms with van der Waals surface area (Å²) in [6, 6.07) is 4.19. The molecule has 0 spiro atoms. The molecule has 1 N–H and O–H groups in total. The summed E-state index contributed by atoms with van der Waals surface area (Å²) in [5, 5.41) is 3.39. The lowest BCUT2D eigenvalue weighted by molar-refractivity contribution is 0.165. The van der Waals surface area contributed by atoms with Crippen LogP contribution in [-0.4, -0.2) is 37.6 Å². The molecule has 0 aliphatic carbocycles. The number of rotatable bonds is 3. The average Bonchev–Trinajstić information content (AvgIpc) is 2.50. The van der Waals surface area contributed by atoms with Crippen molar-refractivity contribution in [2.75, 3.05) is 32.7 Å². The van der Waals surface area contributed by atoms with Gasteiger partial charge in [0.2, 0.25) is 0 Å². The molecule has 0 bridgehead atoms. The summed E-state index contributed by atoms with van der Waals surface area (Å²) < 4.78 is 27.7. The molecule has 0 saturated carbocycles. The van der Waals surface area contributed by atoms with Crippen LogP contribution >= 0.6 is 12.4 Å². The van der Waals surface area contributed by atoms with Crippen molar-refractivity contribution in [1.82, 2.24) is 10.2 Å². The van der Waals surface area contributed by atoms with Crippen LogP contribution in [0.5, 0.6) is 0 Å². The summed E-state index contributed by atoms with van der Waals surface area (Å²) in [7, 11) is 0. The van der Waals surface area contributed by atoms with Gasteiger partial charge in [-0.2, -0.15) is 0 Å². The maximum absolute atomic E-state index is 13.8. The van der Waals surface area contributed by atoms with E-state index < -0.39 is 0 Å². The first-order valence-electron chi connectivity index (χ1n) is 8.11. The Labute approximate surface area is 137 Å². The van der Waals surface area contributed by atoms with E-state index in [1.54, 1.807) is 0 Å². The van der Waals surface area contributed by atoms with E-state index in [0.717, 1.165) is 51.5 Å². The number of nitrogens with one attached hydrogen (secondary N) is 1. The number of hydrogen-bond acceptors (Lipinski definition) is 2. The van der Waals surface area contributed by atoms with Crippen LogP contribution in [0.15, 0.2) is 18.2 Å². The summed E-state index contributed by atoms with van der Waals surface area (Å²) in [6.45, 7) is 5.32. The second-order valence-corrected chi connectivity index (χ2v) is 6.40. The third-order valence-corrected chi connectivity index (χ3v) is 4.97. The molecule has 0 atom stereocenters. The highest BCUT2D eigenvalue weighted by Crippen LogP contribution is 2.32. The summed E-state index contributed by atoms with van der Waals surface area (Å²) >= 11 is 0. The minimum absolute atomic E-state index is 0. The van der Waals surface area contributed by atoms with Crippen LogP contribution in [0, 0.1) is 17.6 Å². The van der Waals surface area contributed by atoms with Crippen LogP contribution in [0.4, 0.5) is 8.78 Å². The SMILES string of the molecule is Cl.Fc1cccc(F)c1C1CCN(CC2CCNCC2)CC1. The Hall–Kier alpha value is -0.710. The number of hydrogen-bond donors (Lipinski definition) is 1. The normalized spacial score (nSPS) is 21.5. The van der Waals surface area contributed by atoms with E-state index in [-0.39, 0.29) is 30.0 Å². The molecule has 2 aliphatic rings. The number of piperidine rings is 2. The molecule has 5 heteroatoms. The van der Waals surface area contributed by atoms with Crippen molar-refractivity contribution in [3.63, 3.8) is 0 Å². The van der Waals surface area contributed by atoms with Gasteiger partial charge in [0.1, 0.15) is 11.6 Å². The minimum atomic E-state index is -0.383. The zero-order chi connectivity index (χ0) is 14.7. The average molecular weight is 331 g/mol. The van der Waals surface area contributed by atoms with E-state index in [4.69, 9.17) is 0 Å². The summed E-state index contributed by atoms with van der Waals surface area (Å²) in [5.74, 6) is 0.0575. The van der Waals surface area contributed by atoms with Gasteiger partial charge in [0.15, 0.2) is 0 Å². The minimum Gasteiger partial charge on any atom is -0.317 e. The Morgan fingerprint density at radius 1 is 1.00 bits per heavy atom. The first kappa shape index (κ1) is 17.6. The molecule has 2 fully saturated rings. The summed E-state index contributed by atoms with van der Waals surface area (Å²) in [5.41, 5.74) is 0.305. The smallest absolute Gasteiger partial charge is 0.129 e. The van der Waals surface area contributed by atoms with Crippen molar-refractivity contribution in [2.24, 2.45) is 5.92 Å². The third-order valence-electron chi connectivity index (χ3n) is 4.97. The van der Waals surface area contributed by atoms with Crippen molar-refractivity contribution in [3.8, 4) is 0 Å². The highest BCUT2D eigenvalue weighted by atomic mass is 35.5. The van der Waals surface area contributed by atoms with Crippen molar-refractivity contribution >= 4 is 12.4 Å². The van der Waals surface area contributed by atoms with Gasteiger partial charge >= 0.3 is 0 Å². The summed E-state index contributed by atoms with van der Waals surface area (Å²) in [6.07, 6.45) is 4.23. The van der Waals surface area contributed by atoms with E-state index >= 15 is 0 Å². The molecule has 2 nitrogen and oxygen atoms in total. The predicted octanol–water partition coefficient (Wildman–Crippen LogP) is 3.57. The maximum Gasteiger partial charge on any atom is 0.129 e. The molecule has 2 heterocycles. The van der Waals surface area contributed by atoms with Gasteiger partial charge in [-0.3, -0.25) is 0 Å². The molecule has 2 aliphatic heterocycles. The zero-order valence-electron chi connectivity index (χ0n) is 12.9. The summed E-state index contributed by atoms with van der Waals surface area (Å²) in [4.78, 5) is 2.48. The molecule has 0 amide bonds. The Balaban J connectivity index is 0.00000176. The van der Waals surface area contributed by atoms with E-state index in [1.165, 1.54) is 31.0 Å².